The fourth-order valence-corrected chi connectivity index (χ4v) is 3.95. The molecule has 2 aromatic heterocycles. The Bertz CT molecular complexity index is 1780. The molecule has 0 fully saturated rings. The Hall–Kier alpha value is -4.80. The molecule has 0 saturated carbocycles. The summed E-state index contributed by atoms with van der Waals surface area (Å²) in [5, 5.41) is 31.5. The summed E-state index contributed by atoms with van der Waals surface area (Å²) in [6.45, 7) is 0. The summed E-state index contributed by atoms with van der Waals surface area (Å²) in [5.41, 5.74) is 9.22. The van der Waals surface area contributed by atoms with E-state index in [-0.39, 0.29) is 38.9 Å². The van der Waals surface area contributed by atoms with E-state index in [1.807, 2.05) is 48.5 Å². The van der Waals surface area contributed by atoms with Crippen molar-refractivity contribution in [2.75, 3.05) is 10.9 Å². The average molecular weight is 659 g/mol. The number of hydrazone groups is 2. The van der Waals surface area contributed by atoms with Crippen molar-refractivity contribution in [2.24, 2.45) is 10.2 Å². The minimum atomic E-state index is -0.0984. The van der Waals surface area contributed by atoms with E-state index in [9.17, 15) is 10.2 Å². The van der Waals surface area contributed by atoms with Crippen LogP contribution in [-0.4, -0.2) is 32.4 Å². The summed E-state index contributed by atoms with van der Waals surface area (Å²) < 4.78 is 0. The maximum absolute atomic E-state index is 11.5. The SMILES string of the molecule is [Cu+2].[O-]c1ccccc1/C=N/Nc1nc2ccccc2nc1Cl.[O-]c1ccccc1/C=N/Nc1nc2ccccc2nc1Cl. The van der Waals surface area contributed by atoms with Crippen molar-refractivity contribution in [3.63, 3.8) is 0 Å². The molecule has 0 spiro atoms. The summed E-state index contributed by atoms with van der Waals surface area (Å²) in [5.74, 6) is 0.488. The van der Waals surface area contributed by atoms with Crippen LogP contribution in [0.2, 0.25) is 10.3 Å². The first kappa shape index (κ1) is 31.1. The Balaban J connectivity index is 0.000000192. The number of benzene rings is 4. The standard InChI is InChI=1S/2C15H11ClN4O.Cu/c2*16-14-15(19-12-7-3-2-6-11(12)18-14)20-17-9-10-5-1-4-8-13(10)21;/h2*1-9,21H,(H,19,20);/q;;+2/p-2/b2*17-9+;. The fraction of sp³-hybridized carbons (Fsp3) is 0. The van der Waals surface area contributed by atoms with Gasteiger partial charge in [0.2, 0.25) is 0 Å². The third kappa shape index (κ3) is 8.15. The maximum atomic E-state index is 11.5. The van der Waals surface area contributed by atoms with E-state index in [1.165, 1.54) is 24.6 Å². The van der Waals surface area contributed by atoms with Gasteiger partial charge >= 0.3 is 17.1 Å². The first-order valence-electron chi connectivity index (χ1n) is 12.4. The summed E-state index contributed by atoms with van der Waals surface area (Å²) in [7, 11) is 0. The normalized spacial score (nSPS) is 10.8. The molecular formula is C30H20Cl2CuN8O2. The Morgan fingerprint density at radius 2 is 0.837 bits per heavy atom. The second kappa shape index (κ2) is 14.9. The van der Waals surface area contributed by atoms with Crippen LogP contribution < -0.4 is 21.1 Å². The predicted molar refractivity (Wildman–Crippen MR) is 163 cm³/mol. The minimum absolute atomic E-state index is 0. The first-order chi connectivity index (χ1) is 20.5. The molecule has 6 rings (SSSR count). The number of rotatable bonds is 6. The van der Waals surface area contributed by atoms with Crippen LogP contribution in [0.4, 0.5) is 11.6 Å². The molecule has 0 amide bonds. The van der Waals surface area contributed by atoms with Crippen molar-refractivity contribution >= 4 is 69.3 Å². The van der Waals surface area contributed by atoms with E-state index < -0.39 is 0 Å². The van der Waals surface area contributed by atoms with E-state index in [0.29, 0.717) is 44.8 Å². The van der Waals surface area contributed by atoms with Crippen LogP contribution in [0, 0.1) is 0 Å². The average Bonchev–Trinajstić information content (AvgIpc) is 3.00. The van der Waals surface area contributed by atoms with Crippen LogP contribution >= 0.6 is 23.2 Å². The molecule has 0 aliphatic rings. The molecule has 13 heteroatoms. The van der Waals surface area contributed by atoms with E-state index >= 15 is 0 Å². The second-order valence-electron chi connectivity index (χ2n) is 8.52. The van der Waals surface area contributed by atoms with Crippen molar-refractivity contribution in [1.82, 2.24) is 19.9 Å². The van der Waals surface area contributed by atoms with Crippen LogP contribution in [0.5, 0.6) is 11.5 Å². The fourth-order valence-electron chi connectivity index (χ4n) is 3.60. The van der Waals surface area contributed by atoms with Crippen molar-refractivity contribution < 1.29 is 27.3 Å². The maximum Gasteiger partial charge on any atom is 2.00 e. The number of hydrogen-bond donors (Lipinski definition) is 2. The van der Waals surface area contributed by atoms with Gasteiger partial charge in [-0.25, -0.2) is 19.9 Å². The van der Waals surface area contributed by atoms with E-state index in [2.05, 4.69) is 41.0 Å². The summed E-state index contributed by atoms with van der Waals surface area (Å²) in [4.78, 5) is 17.1. The molecule has 4 aromatic carbocycles. The van der Waals surface area contributed by atoms with Crippen LogP contribution in [0.25, 0.3) is 22.1 Å². The molecule has 0 bridgehead atoms. The zero-order valence-corrected chi connectivity index (χ0v) is 24.4. The molecule has 0 saturated heterocycles. The summed E-state index contributed by atoms with van der Waals surface area (Å²) in [6.07, 6.45) is 2.85. The van der Waals surface area contributed by atoms with Gasteiger partial charge in [0, 0.05) is 0 Å². The topological polar surface area (TPSA) is 146 Å². The predicted octanol–water partition coefficient (Wildman–Crippen LogP) is 5.60. The number of anilines is 2. The number of nitrogens with zero attached hydrogens (tertiary/aromatic N) is 6. The van der Waals surface area contributed by atoms with Crippen molar-refractivity contribution in [1.29, 1.82) is 0 Å². The molecule has 0 unspecified atom stereocenters. The van der Waals surface area contributed by atoms with Crippen LogP contribution in [0.15, 0.2) is 107 Å². The molecule has 2 N–H and O–H groups in total. The number of aromatic nitrogens is 4. The van der Waals surface area contributed by atoms with Gasteiger partial charge in [-0.15, -0.1) is 0 Å². The molecule has 217 valence electrons. The van der Waals surface area contributed by atoms with Gasteiger partial charge in [-0.2, -0.15) is 10.2 Å². The Morgan fingerprint density at radius 1 is 0.512 bits per heavy atom. The molecule has 1 radical (unpaired) electrons. The van der Waals surface area contributed by atoms with Gasteiger partial charge in [0.15, 0.2) is 21.9 Å². The van der Waals surface area contributed by atoms with Gasteiger partial charge in [-0.3, -0.25) is 10.9 Å². The number of halogens is 2. The van der Waals surface area contributed by atoms with Gasteiger partial charge < -0.3 is 10.2 Å². The molecule has 0 aliphatic heterocycles. The quantitative estimate of drug-likeness (QED) is 0.134. The molecule has 2 heterocycles. The number of fused-ring (bicyclic) bond motifs is 2. The zero-order chi connectivity index (χ0) is 29.3. The van der Waals surface area contributed by atoms with E-state index in [1.54, 1.807) is 36.4 Å². The minimum Gasteiger partial charge on any atom is -0.872 e. The Labute approximate surface area is 266 Å². The third-order valence-corrected chi connectivity index (χ3v) is 6.17. The first-order valence-corrected chi connectivity index (χ1v) is 13.2. The number of para-hydroxylation sites is 6. The van der Waals surface area contributed by atoms with Crippen molar-refractivity contribution in [2.45, 2.75) is 0 Å². The molecule has 0 aliphatic carbocycles. The third-order valence-electron chi connectivity index (χ3n) is 5.64. The molecule has 43 heavy (non-hydrogen) atoms. The smallest absolute Gasteiger partial charge is 0.872 e. The summed E-state index contributed by atoms with van der Waals surface area (Å²) >= 11 is 12.1. The van der Waals surface area contributed by atoms with Gasteiger partial charge in [0.1, 0.15) is 0 Å². The van der Waals surface area contributed by atoms with Crippen molar-refractivity contribution in [3.05, 3.63) is 118 Å². The van der Waals surface area contributed by atoms with E-state index in [4.69, 9.17) is 23.2 Å². The molecule has 10 nitrogen and oxygen atoms in total. The van der Waals surface area contributed by atoms with Gasteiger partial charge in [-0.05, 0) is 35.4 Å². The zero-order valence-electron chi connectivity index (χ0n) is 21.9. The molecule has 0 atom stereocenters. The van der Waals surface area contributed by atoms with Crippen LogP contribution in [0.1, 0.15) is 11.1 Å². The number of nitrogens with one attached hydrogen (secondary N) is 2. The number of hydrogen-bond acceptors (Lipinski definition) is 10. The van der Waals surface area contributed by atoms with Crippen LogP contribution in [-0.2, 0) is 17.1 Å². The van der Waals surface area contributed by atoms with Crippen LogP contribution in [0.3, 0.4) is 0 Å². The molecular weight excluding hydrogens is 639 g/mol. The van der Waals surface area contributed by atoms with Crippen molar-refractivity contribution in [3.8, 4) is 11.5 Å². The van der Waals surface area contributed by atoms with Gasteiger partial charge in [0.25, 0.3) is 0 Å². The van der Waals surface area contributed by atoms with Gasteiger partial charge in [0.05, 0.1) is 34.5 Å². The summed E-state index contributed by atoms with van der Waals surface area (Å²) in [6, 6.07) is 28.0. The Kier molecular flexibility index (Phi) is 10.8. The monoisotopic (exact) mass is 657 g/mol. The Morgan fingerprint density at radius 3 is 1.21 bits per heavy atom. The molecule has 6 aromatic rings. The van der Waals surface area contributed by atoms with E-state index in [0.717, 1.165) is 0 Å². The van der Waals surface area contributed by atoms with Gasteiger partial charge in [-0.1, -0.05) is 107 Å². The second-order valence-corrected chi connectivity index (χ2v) is 9.24. The largest absolute Gasteiger partial charge is 2.00 e.